The zero-order valence-electron chi connectivity index (χ0n) is 16.4. The molecule has 148 valence electrons. The molecule has 0 saturated heterocycles. The van der Waals surface area contributed by atoms with Gasteiger partial charge in [-0.25, -0.2) is 0 Å². The number of nitrogens with two attached hydrogens (primary N) is 1. The maximum atomic E-state index is 13.2. The van der Waals surface area contributed by atoms with Gasteiger partial charge in [0.1, 0.15) is 0 Å². The highest BCUT2D eigenvalue weighted by Crippen LogP contribution is 2.39. The largest absolute Gasteiger partial charge is 0.366 e. The molecule has 6 heteroatoms. The molecular weight excluding hydrogens is 376 g/mol. The number of nitrogens with zero attached hydrogens (tertiary/aromatic N) is 2. The van der Waals surface area contributed by atoms with E-state index in [1.54, 1.807) is 18.0 Å². The smallest absolute Gasteiger partial charge is 0.247 e. The molecule has 30 heavy (non-hydrogen) atoms. The molecule has 1 aliphatic heterocycles. The Morgan fingerprint density at radius 2 is 1.87 bits per heavy atom. The van der Waals surface area contributed by atoms with Crippen LogP contribution in [0.1, 0.15) is 24.8 Å². The summed E-state index contributed by atoms with van der Waals surface area (Å²) in [5, 5.41) is 10.0. The lowest BCUT2D eigenvalue weighted by Gasteiger charge is -2.34. The van der Waals surface area contributed by atoms with Gasteiger partial charge in [0.2, 0.25) is 11.8 Å². The van der Waals surface area contributed by atoms with Crippen molar-refractivity contribution in [1.29, 1.82) is 0 Å². The van der Waals surface area contributed by atoms with Crippen molar-refractivity contribution in [3.8, 4) is 0 Å². The first kappa shape index (κ1) is 18.1. The number of benzene rings is 3. The molecule has 5 rings (SSSR count). The topological polar surface area (TPSA) is 92.1 Å². The Bertz CT molecular complexity index is 1350. The Labute approximate surface area is 173 Å². The van der Waals surface area contributed by atoms with Crippen LogP contribution in [0.2, 0.25) is 0 Å². The van der Waals surface area contributed by atoms with Gasteiger partial charge in [-0.15, -0.1) is 0 Å². The molecular formula is C24H20N4O2. The third kappa shape index (κ3) is 2.85. The maximum absolute atomic E-state index is 13.2. The third-order valence-electron chi connectivity index (χ3n) is 5.83. The van der Waals surface area contributed by atoms with Gasteiger partial charge in [-0.05, 0) is 41.5 Å². The summed E-state index contributed by atoms with van der Waals surface area (Å²) in [6.07, 6.45) is 1.89. The summed E-state index contributed by atoms with van der Waals surface area (Å²) in [6.45, 7) is 1.78. The number of carbonyl (C=O) groups is 2. The molecule has 1 atom stereocenters. The summed E-state index contributed by atoms with van der Waals surface area (Å²) in [7, 11) is 0. The Morgan fingerprint density at radius 3 is 2.67 bits per heavy atom. The van der Waals surface area contributed by atoms with Crippen molar-refractivity contribution in [1.82, 2.24) is 10.2 Å². The first-order chi connectivity index (χ1) is 14.5. The van der Waals surface area contributed by atoms with E-state index < -0.39 is 5.91 Å². The Balaban J connectivity index is 1.63. The van der Waals surface area contributed by atoms with Gasteiger partial charge in [0.25, 0.3) is 0 Å². The molecule has 2 heterocycles. The first-order valence-electron chi connectivity index (χ1n) is 9.78. The van der Waals surface area contributed by atoms with E-state index in [2.05, 4.69) is 10.2 Å². The second-order valence-corrected chi connectivity index (χ2v) is 7.60. The second-order valence-electron chi connectivity index (χ2n) is 7.60. The first-order valence-corrected chi connectivity index (χ1v) is 9.78. The number of fused-ring (bicyclic) bond motifs is 2. The van der Waals surface area contributed by atoms with Crippen LogP contribution in [0.4, 0.5) is 5.69 Å². The standard InChI is InChI=1S/C24H20N4O2/c1-14-23(24(25)30)20(17-7-6-15-4-2-3-5-16(15)10-17)12-22(29)28(14)19-8-9-21-18(11-19)13-26-27-21/h2-11,13,20H,12H2,1H3,(H2,25,30)(H,26,27). The summed E-state index contributed by atoms with van der Waals surface area (Å²) in [4.78, 5) is 27.3. The molecule has 6 nitrogen and oxygen atoms in total. The van der Waals surface area contributed by atoms with Gasteiger partial charge < -0.3 is 5.73 Å². The molecule has 3 aromatic carbocycles. The van der Waals surface area contributed by atoms with Crippen LogP contribution in [0.3, 0.4) is 0 Å². The molecule has 0 aliphatic carbocycles. The minimum absolute atomic E-state index is 0.0708. The summed E-state index contributed by atoms with van der Waals surface area (Å²) in [6, 6.07) is 19.7. The number of allylic oxidation sites excluding steroid dienone is 1. The monoisotopic (exact) mass is 396 g/mol. The van der Waals surface area contributed by atoms with Crippen LogP contribution in [0.5, 0.6) is 0 Å². The molecule has 0 radical (unpaired) electrons. The number of H-pyrrole nitrogens is 1. The van der Waals surface area contributed by atoms with Crippen molar-refractivity contribution in [3.05, 3.63) is 83.7 Å². The number of anilines is 1. The van der Waals surface area contributed by atoms with Crippen LogP contribution in [-0.2, 0) is 9.59 Å². The molecule has 3 N–H and O–H groups in total. The number of amides is 2. The van der Waals surface area contributed by atoms with E-state index in [4.69, 9.17) is 5.73 Å². The minimum Gasteiger partial charge on any atom is -0.366 e. The Kier molecular flexibility index (Phi) is 4.13. The fourth-order valence-corrected chi connectivity index (χ4v) is 4.39. The normalized spacial score (nSPS) is 17.2. The van der Waals surface area contributed by atoms with Crippen LogP contribution in [0, 0.1) is 0 Å². The van der Waals surface area contributed by atoms with Gasteiger partial charge in [0, 0.05) is 34.7 Å². The van der Waals surface area contributed by atoms with Crippen LogP contribution < -0.4 is 10.6 Å². The van der Waals surface area contributed by atoms with Gasteiger partial charge in [-0.3, -0.25) is 19.6 Å². The van der Waals surface area contributed by atoms with E-state index >= 15 is 0 Å². The van der Waals surface area contributed by atoms with E-state index in [0.29, 0.717) is 17.0 Å². The number of aromatic nitrogens is 2. The van der Waals surface area contributed by atoms with Crippen LogP contribution in [0.25, 0.3) is 21.7 Å². The second kappa shape index (κ2) is 6.84. The zero-order valence-corrected chi connectivity index (χ0v) is 16.4. The van der Waals surface area contributed by atoms with Crippen molar-refractivity contribution < 1.29 is 9.59 Å². The lowest BCUT2D eigenvalue weighted by molar-refractivity contribution is -0.119. The summed E-state index contributed by atoms with van der Waals surface area (Å²) in [5.41, 5.74) is 9.34. The number of rotatable bonds is 3. The number of hydrogen-bond acceptors (Lipinski definition) is 3. The molecule has 1 unspecified atom stereocenters. The number of primary amides is 1. The van der Waals surface area contributed by atoms with Crippen molar-refractivity contribution in [3.63, 3.8) is 0 Å². The predicted octanol–water partition coefficient (Wildman–Crippen LogP) is 4.00. The van der Waals surface area contributed by atoms with Gasteiger partial charge >= 0.3 is 0 Å². The van der Waals surface area contributed by atoms with E-state index in [0.717, 1.165) is 27.2 Å². The minimum atomic E-state index is -0.507. The highest BCUT2D eigenvalue weighted by molar-refractivity contribution is 6.06. The maximum Gasteiger partial charge on any atom is 0.247 e. The highest BCUT2D eigenvalue weighted by Gasteiger charge is 2.36. The Morgan fingerprint density at radius 1 is 1.07 bits per heavy atom. The Hall–Kier alpha value is -3.93. The zero-order chi connectivity index (χ0) is 20.8. The van der Waals surface area contributed by atoms with Crippen LogP contribution >= 0.6 is 0 Å². The van der Waals surface area contributed by atoms with Gasteiger partial charge in [-0.2, -0.15) is 5.10 Å². The van der Waals surface area contributed by atoms with E-state index in [1.165, 1.54) is 0 Å². The molecule has 4 aromatic rings. The molecule has 0 spiro atoms. The molecule has 0 bridgehead atoms. The van der Waals surface area contributed by atoms with Crippen LogP contribution in [-0.4, -0.2) is 22.0 Å². The molecule has 1 aliphatic rings. The quantitative estimate of drug-likeness (QED) is 0.548. The van der Waals surface area contributed by atoms with E-state index in [1.807, 2.05) is 60.7 Å². The van der Waals surface area contributed by atoms with Crippen molar-refractivity contribution in [2.45, 2.75) is 19.3 Å². The molecule has 0 fully saturated rings. The summed E-state index contributed by atoms with van der Waals surface area (Å²) in [5.74, 6) is -0.945. The lowest BCUT2D eigenvalue weighted by atomic mass is 9.82. The number of aromatic amines is 1. The highest BCUT2D eigenvalue weighted by atomic mass is 16.2. The lowest BCUT2D eigenvalue weighted by Crippen LogP contribution is -2.39. The van der Waals surface area contributed by atoms with Crippen molar-refractivity contribution in [2.75, 3.05) is 4.90 Å². The van der Waals surface area contributed by atoms with Crippen molar-refractivity contribution in [2.24, 2.45) is 5.73 Å². The van der Waals surface area contributed by atoms with Crippen LogP contribution in [0.15, 0.2) is 78.1 Å². The molecule has 2 amide bonds. The fraction of sp³-hybridized carbons (Fsp3) is 0.125. The SMILES string of the molecule is CC1=C(C(N)=O)C(c2ccc3ccccc3c2)CC(=O)N1c1ccc2[nH]ncc2c1. The number of carbonyl (C=O) groups excluding carboxylic acids is 2. The number of hydrogen-bond donors (Lipinski definition) is 2. The number of nitrogens with one attached hydrogen (secondary N) is 1. The third-order valence-corrected chi connectivity index (χ3v) is 5.83. The van der Waals surface area contributed by atoms with E-state index in [9.17, 15) is 9.59 Å². The fourth-order valence-electron chi connectivity index (χ4n) is 4.39. The van der Waals surface area contributed by atoms with Crippen molar-refractivity contribution >= 4 is 39.2 Å². The molecule has 1 aromatic heterocycles. The van der Waals surface area contributed by atoms with E-state index in [-0.39, 0.29) is 18.2 Å². The summed E-state index contributed by atoms with van der Waals surface area (Å²) < 4.78 is 0. The van der Waals surface area contributed by atoms with Gasteiger partial charge in [0.15, 0.2) is 0 Å². The van der Waals surface area contributed by atoms with Gasteiger partial charge in [-0.1, -0.05) is 42.5 Å². The van der Waals surface area contributed by atoms with Gasteiger partial charge in [0.05, 0.1) is 11.7 Å². The average molecular weight is 396 g/mol. The predicted molar refractivity (Wildman–Crippen MR) is 117 cm³/mol. The summed E-state index contributed by atoms with van der Waals surface area (Å²) >= 11 is 0. The average Bonchev–Trinajstić information content (AvgIpc) is 3.20. The molecule has 0 saturated carbocycles.